The van der Waals surface area contributed by atoms with Gasteiger partial charge < -0.3 is 14.7 Å². The van der Waals surface area contributed by atoms with E-state index in [2.05, 4.69) is 421 Å². The maximum absolute atomic E-state index is 2.72. The van der Waals surface area contributed by atoms with Crippen molar-refractivity contribution in [2.24, 2.45) is 0 Å². The van der Waals surface area contributed by atoms with Gasteiger partial charge in [-0.05, 0) is 253 Å². The second-order valence-electron chi connectivity index (χ2n) is 38.0. The van der Waals surface area contributed by atoms with Gasteiger partial charge in [-0.3, -0.25) is 0 Å². The van der Waals surface area contributed by atoms with Gasteiger partial charge in [-0.2, -0.15) is 0 Å². The van der Waals surface area contributed by atoms with Crippen LogP contribution in [0.2, 0.25) is 0 Å². The molecule has 0 saturated carbocycles. The van der Waals surface area contributed by atoms with Crippen LogP contribution >= 0.6 is 0 Å². The van der Waals surface area contributed by atoms with E-state index in [0.29, 0.717) is 0 Å². The van der Waals surface area contributed by atoms with Gasteiger partial charge in [0.05, 0.1) is 11.4 Å². The first kappa shape index (κ1) is 69.0. The zero-order chi connectivity index (χ0) is 79.0. The van der Waals surface area contributed by atoms with Crippen molar-refractivity contribution in [3.63, 3.8) is 0 Å². The van der Waals surface area contributed by atoms with Crippen LogP contribution in [0.15, 0.2) is 309 Å². The Morgan fingerprint density at radius 2 is 0.319 bits per heavy atom. The van der Waals surface area contributed by atoms with Crippen molar-refractivity contribution in [3.8, 4) is 77.9 Å². The lowest BCUT2D eigenvalue weighted by atomic mass is 9.80. The average molecular weight is 1490 g/mol. The first-order valence-electron chi connectivity index (χ1n) is 41.9. The van der Waals surface area contributed by atoms with Crippen LogP contribution in [0.4, 0.5) is 51.2 Å². The summed E-state index contributed by atoms with van der Waals surface area (Å²) in [5, 5.41) is 4.61. The molecule has 0 unspecified atom stereocenters. The number of hydrogen-bond donors (Lipinski definition) is 0. The lowest BCUT2D eigenvalue weighted by molar-refractivity contribution is 0.659. The summed E-state index contributed by atoms with van der Waals surface area (Å²) in [5.74, 6) is 0. The van der Waals surface area contributed by atoms with Gasteiger partial charge in [0.15, 0.2) is 0 Å². The Kier molecular flexibility index (Phi) is 13.9. The SMILES string of the molecule is CC1(C)c2ccccc2-c2ccc(N(c3ccc4c(c3)C(C)(C)c3ccccc3-4)c3ccc4c(N(c5ccc6c(c5)C(C)(C)c5ccccc5-6)c5ccc6c(c5)C(C)(C)c5ccccc5-6)c5cc6c(cc5c(N(c5ccc7c(c5)C(C)(C)c5ccccc5-7)c5ccc7c(c5)C(C)(C)c5ccccc5-7)c4c3)-c3ccccc3C6(C)C)cc21. The second kappa shape index (κ2) is 23.4. The molecule has 0 heterocycles. The zero-order valence-corrected chi connectivity index (χ0v) is 68.8. The first-order valence-corrected chi connectivity index (χ1v) is 41.9. The van der Waals surface area contributed by atoms with Crippen molar-refractivity contribution in [1.29, 1.82) is 0 Å². The lowest BCUT2D eigenvalue weighted by Gasteiger charge is -2.36. The standard InChI is InChI=1S/C113H93N3/c1-107(2)91-36-22-15-29-73(91)80-50-43-67(58-98(80)107)114(68-44-51-81-74-30-16-23-37-92(74)108(3,4)99(81)59-68)66-49-56-86-88(57-66)106(116(71-47-54-84-77-33-19-26-40-95(77)111(9,10)102(84)62-71)72-48-55-85-78-34-20-27-41-96(78)112(11,12)103(85)63-72)89-64-87-79-35-21-28-42-97(79)113(13,14)104(87)65-90(89)105(86)115(69-45-52-82-75-31-17-24-38-93(75)109(5,6)100(82)60-69)70-46-53-83-76-32-18-25-39-94(76)110(7,8)101(83)61-70/h15-65H,1-14H3. The molecule has 16 aromatic rings. The predicted octanol–water partition coefficient (Wildman–Crippen LogP) is 30.5. The molecule has 7 aliphatic carbocycles. The van der Waals surface area contributed by atoms with E-state index in [1.165, 1.54) is 161 Å². The van der Waals surface area contributed by atoms with E-state index in [-0.39, 0.29) is 37.9 Å². The molecule has 116 heavy (non-hydrogen) atoms. The zero-order valence-electron chi connectivity index (χ0n) is 68.8. The van der Waals surface area contributed by atoms with E-state index in [1.54, 1.807) is 0 Å². The van der Waals surface area contributed by atoms with Gasteiger partial charge in [-0.1, -0.05) is 309 Å². The minimum atomic E-state index is -0.354. The molecule has 0 fully saturated rings. The third-order valence-corrected chi connectivity index (χ3v) is 29.4. The summed E-state index contributed by atoms with van der Waals surface area (Å²) in [5.41, 5.74) is 44.8. The Balaban J connectivity index is 0.889. The molecule has 0 amide bonds. The molecule has 3 heteroatoms. The number of anilines is 9. The van der Waals surface area contributed by atoms with Gasteiger partial charge in [0.25, 0.3) is 0 Å². The highest BCUT2D eigenvalue weighted by atomic mass is 15.2. The molecule has 0 bridgehead atoms. The fraction of sp³-hybridized carbons (Fsp3) is 0.186. The Bertz CT molecular complexity index is 6760. The molecule has 7 aliphatic rings. The molecule has 0 N–H and O–H groups in total. The van der Waals surface area contributed by atoms with Gasteiger partial charge in [-0.15, -0.1) is 0 Å². The molecule has 560 valence electrons. The highest BCUT2D eigenvalue weighted by Gasteiger charge is 2.45. The topological polar surface area (TPSA) is 9.72 Å². The van der Waals surface area contributed by atoms with Crippen LogP contribution < -0.4 is 14.7 Å². The molecule has 3 nitrogen and oxygen atoms in total. The van der Waals surface area contributed by atoms with E-state index in [0.717, 1.165) is 67.3 Å². The van der Waals surface area contributed by atoms with E-state index >= 15 is 0 Å². The van der Waals surface area contributed by atoms with Crippen molar-refractivity contribution in [1.82, 2.24) is 0 Å². The summed E-state index contributed by atoms with van der Waals surface area (Å²) in [4.78, 5) is 8.04. The van der Waals surface area contributed by atoms with E-state index in [4.69, 9.17) is 0 Å². The van der Waals surface area contributed by atoms with Crippen molar-refractivity contribution in [2.75, 3.05) is 14.7 Å². The summed E-state index contributed by atoms with van der Waals surface area (Å²) >= 11 is 0. The maximum atomic E-state index is 2.72. The van der Waals surface area contributed by atoms with Gasteiger partial charge in [0.2, 0.25) is 0 Å². The average Bonchev–Trinajstić information content (AvgIpc) is 1.24. The minimum Gasteiger partial charge on any atom is -0.310 e. The van der Waals surface area contributed by atoms with Crippen LogP contribution in [0.25, 0.3) is 99.4 Å². The summed E-state index contributed by atoms with van der Waals surface area (Å²) in [6, 6.07) is 122. The molecule has 16 aromatic carbocycles. The minimum absolute atomic E-state index is 0.264. The smallest absolute Gasteiger partial charge is 0.0620 e. The van der Waals surface area contributed by atoms with Crippen molar-refractivity contribution in [3.05, 3.63) is 387 Å². The molecule has 0 aromatic heterocycles. The number of nitrogens with zero attached hydrogens (tertiary/aromatic N) is 3. The predicted molar refractivity (Wildman–Crippen MR) is 488 cm³/mol. The van der Waals surface area contributed by atoms with Crippen LogP contribution in [-0.2, 0) is 37.9 Å². The quantitative estimate of drug-likeness (QED) is 0.105. The third kappa shape index (κ3) is 9.09. The first-order chi connectivity index (χ1) is 55.8. The molecule has 23 rings (SSSR count). The van der Waals surface area contributed by atoms with Crippen molar-refractivity contribution >= 4 is 72.7 Å². The van der Waals surface area contributed by atoms with Gasteiger partial charge >= 0.3 is 0 Å². The number of rotatable bonds is 9. The van der Waals surface area contributed by atoms with Crippen molar-refractivity contribution in [2.45, 2.75) is 135 Å². The number of hydrogen-bond acceptors (Lipinski definition) is 3. The van der Waals surface area contributed by atoms with Crippen LogP contribution in [-0.4, -0.2) is 0 Å². The van der Waals surface area contributed by atoms with Crippen molar-refractivity contribution < 1.29 is 0 Å². The summed E-state index contributed by atoms with van der Waals surface area (Å²) in [7, 11) is 0. The third-order valence-electron chi connectivity index (χ3n) is 29.4. The van der Waals surface area contributed by atoms with Crippen LogP contribution in [0, 0.1) is 0 Å². The molecular weight excluding hydrogens is 1400 g/mol. The molecule has 0 spiro atoms. The summed E-state index contributed by atoms with van der Waals surface area (Å²) in [6.45, 7) is 34.1. The highest BCUT2D eigenvalue weighted by Crippen LogP contribution is 2.63. The Hall–Kier alpha value is -12.6. The Morgan fingerprint density at radius 3 is 0.586 bits per heavy atom. The fourth-order valence-corrected chi connectivity index (χ4v) is 23.2. The molecular formula is C113H93N3. The molecule has 0 saturated heterocycles. The Morgan fingerprint density at radius 1 is 0.138 bits per heavy atom. The van der Waals surface area contributed by atoms with Crippen LogP contribution in [0.1, 0.15) is 175 Å². The van der Waals surface area contributed by atoms with Crippen LogP contribution in [0.3, 0.4) is 0 Å². The normalized spacial score (nSPS) is 16.5. The summed E-state index contributed by atoms with van der Waals surface area (Å²) < 4.78 is 0. The maximum Gasteiger partial charge on any atom is 0.0620 e. The summed E-state index contributed by atoms with van der Waals surface area (Å²) in [6.07, 6.45) is 0. The van der Waals surface area contributed by atoms with E-state index in [1.807, 2.05) is 0 Å². The molecule has 0 radical (unpaired) electrons. The van der Waals surface area contributed by atoms with Gasteiger partial charge in [0.1, 0.15) is 0 Å². The van der Waals surface area contributed by atoms with Gasteiger partial charge in [-0.25, -0.2) is 0 Å². The Labute approximate surface area is 682 Å². The number of fused-ring (bicyclic) bond motifs is 23. The molecule has 0 aliphatic heterocycles. The highest BCUT2D eigenvalue weighted by molar-refractivity contribution is 6.25. The fourth-order valence-electron chi connectivity index (χ4n) is 23.2. The lowest BCUT2D eigenvalue weighted by Crippen LogP contribution is -2.20. The second-order valence-corrected chi connectivity index (χ2v) is 38.0. The number of benzene rings is 16. The largest absolute Gasteiger partial charge is 0.310 e. The van der Waals surface area contributed by atoms with E-state index in [9.17, 15) is 0 Å². The van der Waals surface area contributed by atoms with Gasteiger partial charge in [0, 0.05) is 99.3 Å². The van der Waals surface area contributed by atoms with E-state index < -0.39 is 0 Å². The van der Waals surface area contributed by atoms with Crippen LogP contribution in [0.5, 0.6) is 0 Å². The monoisotopic (exact) mass is 1490 g/mol. The molecule has 0 atom stereocenters.